The van der Waals surface area contributed by atoms with E-state index in [2.05, 4.69) is 26.1 Å². The van der Waals surface area contributed by atoms with Gasteiger partial charge in [-0.05, 0) is 25.3 Å². The maximum atomic E-state index is 11.2. The molecule has 0 aromatic rings. The molecule has 0 aliphatic heterocycles. The summed E-state index contributed by atoms with van der Waals surface area (Å²) in [7, 11) is 0. The maximum absolute atomic E-state index is 11.2. The SMILES string of the molecule is CCCCCCCCNC(CC(C)C)C(N)=O. The second-order valence-corrected chi connectivity index (χ2v) is 5.31. The van der Waals surface area contributed by atoms with E-state index in [4.69, 9.17) is 5.73 Å². The monoisotopic (exact) mass is 242 g/mol. The highest BCUT2D eigenvalue weighted by Crippen LogP contribution is 2.06. The molecule has 0 aliphatic carbocycles. The number of nitrogens with two attached hydrogens (primary N) is 1. The molecule has 0 rings (SSSR count). The number of hydrogen-bond acceptors (Lipinski definition) is 2. The third-order valence-corrected chi connectivity index (χ3v) is 2.97. The smallest absolute Gasteiger partial charge is 0.234 e. The van der Waals surface area contributed by atoms with E-state index in [1.54, 1.807) is 0 Å². The molecule has 0 heterocycles. The lowest BCUT2D eigenvalue weighted by atomic mass is 10.0. The van der Waals surface area contributed by atoms with Crippen LogP contribution in [-0.4, -0.2) is 18.5 Å². The first-order valence-electron chi connectivity index (χ1n) is 7.10. The number of nitrogens with one attached hydrogen (secondary N) is 1. The molecule has 3 N–H and O–H groups in total. The van der Waals surface area contributed by atoms with Gasteiger partial charge in [-0.3, -0.25) is 4.79 Å². The van der Waals surface area contributed by atoms with Crippen molar-refractivity contribution in [1.82, 2.24) is 5.32 Å². The summed E-state index contributed by atoms with van der Waals surface area (Å²) in [6.45, 7) is 7.36. The fourth-order valence-corrected chi connectivity index (χ4v) is 1.95. The summed E-state index contributed by atoms with van der Waals surface area (Å²) >= 11 is 0. The number of hydrogen-bond donors (Lipinski definition) is 2. The Hall–Kier alpha value is -0.570. The molecule has 0 aromatic heterocycles. The Balaban J connectivity index is 3.51. The molecule has 0 aliphatic rings. The van der Waals surface area contributed by atoms with Gasteiger partial charge < -0.3 is 11.1 Å². The van der Waals surface area contributed by atoms with E-state index < -0.39 is 0 Å². The van der Waals surface area contributed by atoms with Crippen LogP contribution in [-0.2, 0) is 4.79 Å². The lowest BCUT2D eigenvalue weighted by Crippen LogP contribution is -2.42. The average molecular weight is 242 g/mol. The molecule has 0 saturated carbocycles. The molecule has 1 unspecified atom stereocenters. The number of primary amides is 1. The van der Waals surface area contributed by atoms with E-state index in [0.717, 1.165) is 19.4 Å². The van der Waals surface area contributed by atoms with Crippen LogP contribution in [0, 0.1) is 5.92 Å². The van der Waals surface area contributed by atoms with Gasteiger partial charge in [0.15, 0.2) is 0 Å². The summed E-state index contributed by atoms with van der Waals surface area (Å²) in [6, 6.07) is -0.148. The average Bonchev–Trinajstić information content (AvgIpc) is 2.25. The molecule has 0 aromatic carbocycles. The van der Waals surface area contributed by atoms with Crippen LogP contribution >= 0.6 is 0 Å². The number of carbonyl (C=O) groups excluding carboxylic acids is 1. The highest BCUT2D eigenvalue weighted by atomic mass is 16.1. The van der Waals surface area contributed by atoms with Crippen LogP contribution in [0.1, 0.15) is 65.7 Å². The van der Waals surface area contributed by atoms with Crippen LogP contribution < -0.4 is 11.1 Å². The van der Waals surface area contributed by atoms with Crippen molar-refractivity contribution in [2.75, 3.05) is 6.54 Å². The Morgan fingerprint density at radius 2 is 1.71 bits per heavy atom. The van der Waals surface area contributed by atoms with Crippen LogP contribution in [0.15, 0.2) is 0 Å². The summed E-state index contributed by atoms with van der Waals surface area (Å²) < 4.78 is 0. The van der Waals surface area contributed by atoms with Crippen molar-refractivity contribution in [3.05, 3.63) is 0 Å². The van der Waals surface area contributed by atoms with Crippen molar-refractivity contribution >= 4 is 5.91 Å². The minimum Gasteiger partial charge on any atom is -0.368 e. The van der Waals surface area contributed by atoms with Gasteiger partial charge in [0.1, 0.15) is 0 Å². The zero-order valence-electron chi connectivity index (χ0n) is 11.8. The molecule has 0 bridgehead atoms. The first kappa shape index (κ1) is 16.4. The molecule has 1 atom stereocenters. The number of carbonyl (C=O) groups is 1. The van der Waals surface area contributed by atoms with Gasteiger partial charge in [0, 0.05) is 0 Å². The Bertz CT molecular complexity index is 193. The molecule has 3 heteroatoms. The molecule has 3 nitrogen and oxygen atoms in total. The number of unbranched alkanes of at least 4 members (excludes halogenated alkanes) is 5. The second kappa shape index (κ2) is 10.6. The van der Waals surface area contributed by atoms with E-state index in [-0.39, 0.29) is 11.9 Å². The normalized spacial score (nSPS) is 12.9. The van der Waals surface area contributed by atoms with Crippen molar-refractivity contribution in [2.45, 2.75) is 71.8 Å². The summed E-state index contributed by atoms with van der Waals surface area (Å²) in [5.74, 6) is 0.286. The van der Waals surface area contributed by atoms with Crippen LogP contribution in [0.4, 0.5) is 0 Å². The highest BCUT2D eigenvalue weighted by molar-refractivity contribution is 5.79. The summed E-state index contributed by atoms with van der Waals surface area (Å²) in [5.41, 5.74) is 5.36. The van der Waals surface area contributed by atoms with Gasteiger partial charge in [-0.1, -0.05) is 52.9 Å². The minimum atomic E-state index is -0.218. The minimum absolute atomic E-state index is 0.148. The van der Waals surface area contributed by atoms with E-state index in [1.165, 1.54) is 32.1 Å². The molecule has 102 valence electrons. The predicted octanol–water partition coefficient (Wildman–Crippen LogP) is 2.84. The summed E-state index contributed by atoms with van der Waals surface area (Å²) in [6.07, 6.45) is 8.50. The first-order valence-corrected chi connectivity index (χ1v) is 7.10. The number of amides is 1. The van der Waals surface area contributed by atoms with Crippen LogP contribution in [0.2, 0.25) is 0 Å². The first-order chi connectivity index (χ1) is 8.07. The van der Waals surface area contributed by atoms with Crippen LogP contribution in [0.25, 0.3) is 0 Å². The van der Waals surface area contributed by atoms with E-state index in [9.17, 15) is 4.79 Å². The molecular formula is C14H30N2O. The zero-order valence-corrected chi connectivity index (χ0v) is 11.8. The van der Waals surface area contributed by atoms with Gasteiger partial charge in [-0.15, -0.1) is 0 Å². The quantitative estimate of drug-likeness (QED) is 0.547. The molecule has 0 saturated heterocycles. The highest BCUT2D eigenvalue weighted by Gasteiger charge is 2.15. The van der Waals surface area contributed by atoms with Crippen molar-refractivity contribution < 1.29 is 4.79 Å². The molecule has 0 spiro atoms. The largest absolute Gasteiger partial charge is 0.368 e. The standard InChI is InChI=1S/C14H30N2O/c1-4-5-6-7-8-9-10-16-13(14(15)17)11-12(2)3/h12-13,16H,4-11H2,1-3H3,(H2,15,17). The molecule has 0 radical (unpaired) electrons. The third-order valence-electron chi connectivity index (χ3n) is 2.97. The van der Waals surface area contributed by atoms with Gasteiger partial charge in [0.05, 0.1) is 6.04 Å². The van der Waals surface area contributed by atoms with Gasteiger partial charge in [0.2, 0.25) is 5.91 Å². The lowest BCUT2D eigenvalue weighted by molar-refractivity contribution is -0.120. The van der Waals surface area contributed by atoms with Crippen LogP contribution in [0.5, 0.6) is 0 Å². The van der Waals surface area contributed by atoms with Crippen molar-refractivity contribution in [1.29, 1.82) is 0 Å². The molecule has 0 fully saturated rings. The van der Waals surface area contributed by atoms with E-state index in [0.29, 0.717) is 5.92 Å². The second-order valence-electron chi connectivity index (χ2n) is 5.31. The Morgan fingerprint density at radius 3 is 2.24 bits per heavy atom. The molecule has 1 amide bonds. The van der Waals surface area contributed by atoms with E-state index in [1.807, 2.05) is 0 Å². The fraction of sp³-hybridized carbons (Fsp3) is 0.929. The van der Waals surface area contributed by atoms with Crippen molar-refractivity contribution in [2.24, 2.45) is 11.7 Å². The molecular weight excluding hydrogens is 212 g/mol. The lowest BCUT2D eigenvalue weighted by Gasteiger charge is -2.17. The predicted molar refractivity (Wildman–Crippen MR) is 73.8 cm³/mol. The zero-order chi connectivity index (χ0) is 13.1. The molecule has 17 heavy (non-hydrogen) atoms. The van der Waals surface area contributed by atoms with Gasteiger partial charge in [-0.25, -0.2) is 0 Å². The van der Waals surface area contributed by atoms with Crippen molar-refractivity contribution in [3.63, 3.8) is 0 Å². The topological polar surface area (TPSA) is 55.1 Å². The Labute approximate surface area is 107 Å². The van der Waals surface area contributed by atoms with Crippen molar-refractivity contribution in [3.8, 4) is 0 Å². The number of rotatable bonds is 11. The third kappa shape index (κ3) is 10.3. The Morgan fingerprint density at radius 1 is 1.12 bits per heavy atom. The van der Waals surface area contributed by atoms with Gasteiger partial charge >= 0.3 is 0 Å². The van der Waals surface area contributed by atoms with E-state index >= 15 is 0 Å². The van der Waals surface area contributed by atoms with Gasteiger partial charge in [-0.2, -0.15) is 0 Å². The van der Waals surface area contributed by atoms with Crippen LogP contribution in [0.3, 0.4) is 0 Å². The fourth-order valence-electron chi connectivity index (χ4n) is 1.95. The maximum Gasteiger partial charge on any atom is 0.234 e. The Kier molecular flexibility index (Phi) is 10.2. The summed E-state index contributed by atoms with van der Waals surface area (Å²) in [4.78, 5) is 11.2. The summed E-state index contributed by atoms with van der Waals surface area (Å²) in [5, 5.41) is 3.27. The van der Waals surface area contributed by atoms with Gasteiger partial charge in [0.25, 0.3) is 0 Å².